The number of hydrogen-bond donors (Lipinski definition) is 0. The maximum atomic E-state index is 12.0. The number of rotatable bonds is 35. The highest BCUT2D eigenvalue weighted by molar-refractivity contribution is 7.86. The molecule has 0 spiro atoms. The summed E-state index contributed by atoms with van der Waals surface area (Å²) < 4.78 is 87.5. The first-order valence-electron chi connectivity index (χ1n) is 15.4. The van der Waals surface area contributed by atoms with E-state index in [1.165, 1.54) is 19.1 Å². The van der Waals surface area contributed by atoms with Gasteiger partial charge in [0.25, 0.3) is 10.1 Å². The third-order valence-electron chi connectivity index (χ3n) is 5.38. The van der Waals surface area contributed by atoms with E-state index in [1.807, 2.05) is 0 Å². The van der Waals surface area contributed by atoms with Crippen LogP contribution in [0.25, 0.3) is 0 Å². The molecule has 0 heterocycles. The SMILES string of the molecule is CC(=O)OCCOCCOCCOCCOCCOCCOCCOCCOCCOCCOCCOS(=O)(=O)c1ccccc1. The fourth-order valence-electron chi connectivity index (χ4n) is 3.18. The normalized spacial score (nSPS) is 11.7. The fraction of sp³-hybridized carbons (Fsp3) is 0.767. The first kappa shape index (κ1) is 42.2. The van der Waals surface area contributed by atoms with Crippen LogP contribution in [0.15, 0.2) is 35.2 Å². The number of hydrogen-bond acceptors (Lipinski definition) is 15. The first-order valence-corrected chi connectivity index (χ1v) is 16.8. The summed E-state index contributed by atoms with van der Waals surface area (Å²) in [6, 6.07) is 7.96. The van der Waals surface area contributed by atoms with Crippen molar-refractivity contribution in [1.82, 2.24) is 0 Å². The molecule has 0 saturated heterocycles. The molecule has 0 amide bonds. The molecule has 1 aromatic rings. The summed E-state index contributed by atoms with van der Waals surface area (Å²) in [5.41, 5.74) is 0. The van der Waals surface area contributed by atoms with Crippen molar-refractivity contribution in [3.63, 3.8) is 0 Å². The summed E-state index contributed by atoms with van der Waals surface area (Å²) in [5, 5.41) is 0. The molecular formula is C30H52O15S. The second kappa shape index (κ2) is 31.8. The van der Waals surface area contributed by atoms with E-state index in [2.05, 4.69) is 0 Å². The van der Waals surface area contributed by atoms with Crippen LogP contribution in [0.3, 0.4) is 0 Å². The second-order valence-corrected chi connectivity index (χ2v) is 10.7. The van der Waals surface area contributed by atoms with E-state index in [0.29, 0.717) is 126 Å². The zero-order valence-corrected chi connectivity index (χ0v) is 27.8. The Labute approximate surface area is 273 Å². The number of esters is 1. The molecule has 0 unspecified atom stereocenters. The molecule has 0 bridgehead atoms. The van der Waals surface area contributed by atoms with Crippen LogP contribution in [0.5, 0.6) is 0 Å². The van der Waals surface area contributed by atoms with E-state index in [-0.39, 0.29) is 30.7 Å². The Morgan fingerprint density at radius 1 is 0.435 bits per heavy atom. The van der Waals surface area contributed by atoms with Crippen molar-refractivity contribution in [2.45, 2.75) is 11.8 Å². The van der Waals surface area contributed by atoms with Crippen molar-refractivity contribution >= 4 is 16.1 Å². The number of benzene rings is 1. The van der Waals surface area contributed by atoms with Crippen LogP contribution < -0.4 is 0 Å². The largest absolute Gasteiger partial charge is 0.463 e. The summed E-state index contributed by atoms with van der Waals surface area (Å²) >= 11 is 0. The van der Waals surface area contributed by atoms with Gasteiger partial charge in [-0.2, -0.15) is 8.42 Å². The van der Waals surface area contributed by atoms with E-state index in [9.17, 15) is 13.2 Å². The van der Waals surface area contributed by atoms with Crippen LogP contribution in [0.1, 0.15) is 6.92 Å². The van der Waals surface area contributed by atoms with Gasteiger partial charge in [-0.25, -0.2) is 0 Å². The molecule has 0 N–H and O–H groups in total. The third-order valence-corrected chi connectivity index (χ3v) is 6.71. The topological polar surface area (TPSA) is 162 Å². The summed E-state index contributed by atoms with van der Waals surface area (Å²) in [6.45, 7) is 10.1. The lowest BCUT2D eigenvalue weighted by atomic mass is 10.4. The standard InChI is InChI=1S/C30H52O15S/c1-29(31)44-27-25-42-23-21-40-19-17-38-15-13-36-11-9-34-7-8-35-10-12-37-14-16-39-18-20-41-22-24-43-26-28-45-46(32,33)30-5-3-2-4-6-30/h2-6H,7-28H2,1H3. The van der Waals surface area contributed by atoms with Gasteiger partial charge in [0, 0.05) is 6.92 Å². The molecule has 1 rings (SSSR count). The fourth-order valence-corrected chi connectivity index (χ4v) is 4.10. The van der Waals surface area contributed by atoms with Gasteiger partial charge in [-0.3, -0.25) is 8.98 Å². The Balaban J connectivity index is 1.66. The lowest BCUT2D eigenvalue weighted by Gasteiger charge is -2.09. The zero-order valence-electron chi connectivity index (χ0n) is 27.0. The number of carbonyl (C=O) groups excluding carboxylic acids is 1. The van der Waals surface area contributed by atoms with Crippen LogP contribution in [0, 0.1) is 0 Å². The molecule has 1 aromatic carbocycles. The molecule has 0 aromatic heterocycles. The van der Waals surface area contributed by atoms with Crippen molar-refractivity contribution in [3.8, 4) is 0 Å². The molecule has 0 aliphatic carbocycles. The van der Waals surface area contributed by atoms with Gasteiger partial charge in [0.05, 0.1) is 144 Å². The highest BCUT2D eigenvalue weighted by Gasteiger charge is 2.13. The van der Waals surface area contributed by atoms with E-state index in [0.717, 1.165) is 0 Å². The third kappa shape index (κ3) is 28.4. The Morgan fingerprint density at radius 3 is 0.978 bits per heavy atom. The molecule has 0 aliphatic heterocycles. The summed E-state index contributed by atoms with van der Waals surface area (Å²) in [4.78, 5) is 10.7. The highest BCUT2D eigenvalue weighted by Crippen LogP contribution is 2.10. The lowest BCUT2D eigenvalue weighted by molar-refractivity contribution is -0.142. The van der Waals surface area contributed by atoms with Crippen LogP contribution in [0.4, 0.5) is 0 Å². The van der Waals surface area contributed by atoms with E-state index < -0.39 is 10.1 Å². The predicted molar refractivity (Wildman–Crippen MR) is 164 cm³/mol. The molecule has 46 heavy (non-hydrogen) atoms. The van der Waals surface area contributed by atoms with Gasteiger partial charge in [0.2, 0.25) is 0 Å². The van der Waals surface area contributed by atoms with Gasteiger partial charge in [0.1, 0.15) is 6.61 Å². The summed E-state index contributed by atoms with van der Waals surface area (Å²) in [5.74, 6) is -0.318. The maximum absolute atomic E-state index is 12.0. The number of carbonyl (C=O) groups is 1. The van der Waals surface area contributed by atoms with Gasteiger partial charge in [-0.05, 0) is 12.1 Å². The van der Waals surface area contributed by atoms with Gasteiger partial charge < -0.3 is 52.1 Å². The van der Waals surface area contributed by atoms with Crippen molar-refractivity contribution < 1.29 is 69.5 Å². The Kier molecular flexibility index (Phi) is 29.2. The smallest absolute Gasteiger partial charge is 0.302 e. The van der Waals surface area contributed by atoms with Crippen LogP contribution >= 0.6 is 0 Å². The summed E-state index contributed by atoms with van der Waals surface area (Å²) in [7, 11) is -3.76. The van der Waals surface area contributed by atoms with Crippen molar-refractivity contribution in [2.24, 2.45) is 0 Å². The first-order chi connectivity index (χ1) is 22.5. The Morgan fingerprint density at radius 2 is 0.696 bits per heavy atom. The lowest BCUT2D eigenvalue weighted by Crippen LogP contribution is -2.16. The zero-order chi connectivity index (χ0) is 33.2. The van der Waals surface area contributed by atoms with Gasteiger partial charge in [0.15, 0.2) is 0 Å². The second-order valence-electron chi connectivity index (χ2n) is 9.05. The van der Waals surface area contributed by atoms with E-state index in [1.54, 1.807) is 18.2 Å². The minimum Gasteiger partial charge on any atom is -0.463 e. The predicted octanol–water partition coefficient (Wildman–Crippen LogP) is 1.12. The summed E-state index contributed by atoms with van der Waals surface area (Å²) in [6.07, 6.45) is 0. The molecular weight excluding hydrogens is 632 g/mol. The quantitative estimate of drug-likeness (QED) is 0.0568. The van der Waals surface area contributed by atoms with Crippen LogP contribution in [0.2, 0.25) is 0 Å². The van der Waals surface area contributed by atoms with Gasteiger partial charge >= 0.3 is 5.97 Å². The minimum atomic E-state index is -3.76. The molecule has 268 valence electrons. The van der Waals surface area contributed by atoms with Gasteiger partial charge in [-0.1, -0.05) is 18.2 Å². The number of ether oxygens (including phenoxy) is 11. The van der Waals surface area contributed by atoms with Crippen molar-refractivity contribution in [3.05, 3.63) is 30.3 Å². The molecule has 0 radical (unpaired) electrons. The van der Waals surface area contributed by atoms with Crippen LogP contribution in [-0.4, -0.2) is 160 Å². The minimum absolute atomic E-state index is 0.0624. The highest BCUT2D eigenvalue weighted by atomic mass is 32.2. The molecule has 0 atom stereocenters. The van der Waals surface area contributed by atoms with E-state index in [4.69, 9.17) is 56.3 Å². The molecule has 16 heteroatoms. The monoisotopic (exact) mass is 684 g/mol. The van der Waals surface area contributed by atoms with Crippen molar-refractivity contribution in [2.75, 3.05) is 145 Å². The van der Waals surface area contributed by atoms with Gasteiger partial charge in [-0.15, -0.1) is 0 Å². The molecule has 0 fully saturated rings. The van der Waals surface area contributed by atoms with Crippen LogP contribution in [-0.2, 0) is 71.2 Å². The average Bonchev–Trinajstić information content (AvgIpc) is 3.05. The molecule has 15 nitrogen and oxygen atoms in total. The maximum Gasteiger partial charge on any atom is 0.302 e. The molecule has 0 aliphatic rings. The average molecular weight is 685 g/mol. The molecule has 0 saturated carbocycles. The van der Waals surface area contributed by atoms with E-state index >= 15 is 0 Å². The van der Waals surface area contributed by atoms with Crippen molar-refractivity contribution in [1.29, 1.82) is 0 Å². The Bertz CT molecular complexity index is 905. The Hall–Kier alpha value is -1.80.